The fourth-order valence-corrected chi connectivity index (χ4v) is 0.804. The van der Waals surface area contributed by atoms with Gasteiger partial charge in [-0.25, -0.2) is 5.84 Å². The van der Waals surface area contributed by atoms with Gasteiger partial charge in [0, 0.05) is 13.1 Å². The van der Waals surface area contributed by atoms with Crippen molar-refractivity contribution in [3.8, 4) is 0 Å². The lowest BCUT2D eigenvalue weighted by Crippen LogP contribution is -2.51. The van der Waals surface area contributed by atoms with Crippen LogP contribution in [0.5, 0.6) is 0 Å². The van der Waals surface area contributed by atoms with Gasteiger partial charge in [-0.05, 0) is 7.05 Å². The van der Waals surface area contributed by atoms with Gasteiger partial charge in [-0.15, -0.1) is 0 Å². The molecule has 4 heteroatoms. The number of carbonyl (C=O) groups excluding carboxylic acids is 1. The summed E-state index contributed by atoms with van der Waals surface area (Å²) in [6.45, 7) is 1.98. The standard InChI is InChI=1S/C5H11N3O/c1-7-2-3-8(6)5(9)4-7/h2-4,6H2,1H3. The molecule has 0 saturated carbocycles. The third kappa shape index (κ3) is 1.40. The molecule has 1 saturated heterocycles. The third-order valence-corrected chi connectivity index (χ3v) is 1.45. The molecular formula is C5H11N3O. The molecule has 9 heavy (non-hydrogen) atoms. The van der Waals surface area contributed by atoms with Gasteiger partial charge in [0.15, 0.2) is 0 Å². The number of hydrazine groups is 1. The molecule has 1 aliphatic heterocycles. The van der Waals surface area contributed by atoms with E-state index < -0.39 is 0 Å². The average molecular weight is 129 g/mol. The fraction of sp³-hybridized carbons (Fsp3) is 0.800. The van der Waals surface area contributed by atoms with Crippen molar-refractivity contribution in [3.63, 3.8) is 0 Å². The molecule has 2 N–H and O–H groups in total. The van der Waals surface area contributed by atoms with Crippen molar-refractivity contribution in [2.24, 2.45) is 5.84 Å². The molecule has 0 atom stereocenters. The molecule has 0 bridgehead atoms. The molecule has 0 aromatic rings. The lowest BCUT2D eigenvalue weighted by atomic mass is 10.4. The Hall–Kier alpha value is -0.610. The van der Waals surface area contributed by atoms with Crippen molar-refractivity contribution < 1.29 is 4.79 Å². The van der Waals surface area contributed by atoms with Crippen LogP contribution in [0.1, 0.15) is 0 Å². The Morgan fingerprint density at radius 3 is 2.67 bits per heavy atom. The van der Waals surface area contributed by atoms with Gasteiger partial charge < -0.3 is 0 Å². The SMILES string of the molecule is CN1CCN(N)C(=O)C1. The van der Waals surface area contributed by atoms with Crippen LogP contribution < -0.4 is 5.84 Å². The number of hydrogen-bond donors (Lipinski definition) is 1. The highest BCUT2D eigenvalue weighted by Gasteiger charge is 2.17. The van der Waals surface area contributed by atoms with Crippen LogP contribution in [0.2, 0.25) is 0 Å². The molecule has 0 aliphatic carbocycles. The second-order valence-corrected chi connectivity index (χ2v) is 2.32. The quantitative estimate of drug-likeness (QED) is 0.324. The van der Waals surface area contributed by atoms with E-state index in [4.69, 9.17) is 5.84 Å². The molecule has 0 aromatic heterocycles. The second-order valence-electron chi connectivity index (χ2n) is 2.32. The largest absolute Gasteiger partial charge is 0.296 e. The first-order valence-electron chi connectivity index (χ1n) is 2.94. The lowest BCUT2D eigenvalue weighted by molar-refractivity contribution is -0.135. The van der Waals surface area contributed by atoms with Crippen LogP contribution in [0.15, 0.2) is 0 Å². The summed E-state index contributed by atoms with van der Waals surface area (Å²) in [6.07, 6.45) is 0. The maximum absolute atomic E-state index is 10.8. The maximum atomic E-state index is 10.8. The minimum absolute atomic E-state index is 0.00347. The Morgan fingerprint density at radius 1 is 1.56 bits per heavy atom. The summed E-state index contributed by atoms with van der Waals surface area (Å²) in [4.78, 5) is 12.7. The third-order valence-electron chi connectivity index (χ3n) is 1.45. The van der Waals surface area contributed by atoms with E-state index in [2.05, 4.69) is 0 Å². The summed E-state index contributed by atoms with van der Waals surface area (Å²) in [5.41, 5.74) is 0. The molecule has 0 unspecified atom stereocenters. The molecule has 1 rings (SSSR count). The summed E-state index contributed by atoms with van der Waals surface area (Å²) >= 11 is 0. The Balaban J connectivity index is 2.44. The average Bonchev–Trinajstić information content (AvgIpc) is 1.80. The molecule has 52 valence electrons. The van der Waals surface area contributed by atoms with E-state index >= 15 is 0 Å². The van der Waals surface area contributed by atoms with E-state index in [1.807, 2.05) is 11.9 Å². The van der Waals surface area contributed by atoms with Crippen molar-refractivity contribution in [1.82, 2.24) is 9.91 Å². The zero-order valence-corrected chi connectivity index (χ0v) is 5.50. The zero-order valence-electron chi connectivity index (χ0n) is 5.50. The first-order chi connectivity index (χ1) is 4.20. The zero-order chi connectivity index (χ0) is 6.85. The fourth-order valence-electron chi connectivity index (χ4n) is 0.804. The minimum Gasteiger partial charge on any atom is -0.296 e. The smallest absolute Gasteiger partial charge is 0.250 e. The number of piperazine rings is 1. The summed E-state index contributed by atoms with van der Waals surface area (Å²) in [7, 11) is 1.91. The number of amides is 1. The topological polar surface area (TPSA) is 49.6 Å². The Morgan fingerprint density at radius 2 is 2.22 bits per heavy atom. The first-order valence-corrected chi connectivity index (χ1v) is 2.94. The van der Waals surface area contributed by atoms with Crippen LogP contribution in [0.4, 0.5) is 0 Å². The summed E-state index contributed by atoms with van der Waals surface area (Å²) in [6, 6.07) is 0. The predicted molar refractivity (Wildman–Crippen MR) is 33.4 cm³/mol. The van der Waals surface area contributed by atoms with Gasteiger partial charge in [-0.2, -0.15) is 0 Å². The molecule has 4 nitrogen and oxygen atoms in total. The molecule has 1 fully saturated rings. The molecule has 0 spiro atoms. The van der Waals surface area contributed by atoms with Crippen molar-refractivity contribution >= 4 is 5.91 Å². The summed E-state index contributed by atoms with van der Waals surface area (Å²) < 4.78 is 0. The van der Waals surface area contributed by atoms with E-state index in [-0.39, 0.29) is 5.91 Å². The first kappa shape index (κ1) is 6.51. The highest BCUT2D eigenvalue weighted by Crippen LogP contribution is 1.93. The van der Waals surface area contributed by atoms with Gasteiger partial charge in [0.2, 0.25) is 0 Å². The molecule has 1 aliphatic rings. The maximum Gasteiger partial charge on any atom is 0.250 e. The monoisotopic (exact) mass is 129 g/mol. The van der Waals surface area contributed by atoms with Gasteiger partial charge in [0.05, 0.1) is 6.54 Å². The lowest BCUT2D eigenvalue weighted by Gasteiger charge is -2.28. The van der Waals surface area contributed by atoms with E-state index in [0.717, 1.165) is 6.54 Å². The van der Waals surface area contributed by atoms with Crippen LogP contribution in [-0.2, 0) is 4.79 Å². The Labute approximate surface area is 54.2 Å². The highest BCUT2D eigenvalue weighted by atomic mass is 16.2. The van der Waals surface area contributed by atoms with Crippen LogP contribution in [0.3, 0.4) is 0 Å². The van der Waals surface area contributed by atoms with E-state index in [1.165, 1.54) is 5.01 Å². The van der Waals surface area contributed by atoms with Crippen LogP contribution >= 0.6 is 0 Å². The molecule has 1 heterocycles. The molecule has 0 radical (unpaired) electrons. The van der Waals surface area contributed by atoms with Crippen molar-refractivity contribution in [2.75, 3.05) is 26.7 Å². The van der Waals surface area contributed by atoms with E-state index in [1.54, 1.807) is 0 Å². The number of hydrogen-bond acceptors (Lipinski definition) is 3. The summed E-state index contributed by atoms with van der Waals surface area (Å²) in [5, 5.41) is 1.26. The number of nitrogens with zero attached hydrogens (tertiary/aromatic N) is 2. The number of likely N-dealkylation sites (N-methyl/N-ethyl adjacent to an activating group) is 1. The molecule has 1 amide bonds. The highest BCUT2D eigenvalue weighted by molar-refractivity contribution is 5.78. The Kier molecular flexibility index (Phi) is 1.68. The normalized spacial score (nSPS) is 22.9. The second kappa shape index (κ2) is 2.33. The molecular weight excluding hydrogens is 118 g/mol. The van der Waals surface area contributed by atoms with Gasteiger partial charge in [0.25, 0.3) is 5.91 Å². The van der Waals surface area contributed by atoms with Gasteiger partial charge in [-0.3, -0.25) is 14.7 Å². The van der Waals surface area contributed by atoms with Crippen LogP contribution in [0, 0.1) is 0 Å². The van der Waals surface area contributed by atoms with E-state index in [9.17, 15) is 4.79 Å². The predicted octanol–water partition coefficient (Wildman–Crippen LogP) is -1.37. The number of carbonyl (C=O) groups is 1. The van der Waals surface area contributed by atoms with E-state index in [0.29, 0.717) is 13.1 Å². The Bertz CT molecular complexity index is 125. The van der Waals surface area contributed by atoms with Gasteiger partial charge >= 0.3 is 0 Å². The van der Waals surface area contributed by atoms with Crippen molar-refractivity contribution in [1.29, 1.82) is 0 Å². The van der Waals surface area contributed by atoms with Crippen molar-refractivity contribution in [2.45, 2.75) is 0 Å². The number of nitrogens with two attached hydrogens (primary N) is 1. The van der Waals surface area contributed by atoms with Gasteiger partial charge in [-0.1, -0.05) is 0 Å². The summed E-state index contributed by atoms with van der Waals surface area (Å²) in [5.74, 6) is 5.30. The minimum atomic E-state index is 0.00347. The van der Waals surface area contributed by atoms with Crippen LogP contribution in [0.25, 0.3) is 0 Å². The van der Waals surface area contributed by atoms with Crippen LogP contribution in [-0.4, -0.2) is 42.5 Å². The molecule has 0 aromatic carbocycles. The number of rotatable bonds is 0. The van der Waals surface area contributed by atoms with Crippen molar-refractivity contribution in [3.05, 3.63) is 0 Å². The van der Waals surface area contributed by atoms with Gasteiger partial charge in [0.1, 0.15) is 0 Å².